The summed E-state index contributed by atoms with van der Waals surface area (Å²) in [5.74, 6) is 1.22. The number of nitro groups is 1. The maximum atomic E-state index is 10.9. The van der Waals surface area contributed by atoms with Crippen LogP contribution in [0.25, 0.3) is 0 Å². The van der Waals surface area contributed by atoms with Crippen molar-refractivity contribution in [1.82, 2.24) is 0 Å². The molecule has 0 amide bonds. The van der Waals surface area contributed by atoms with Crippen molar-refractivity contribution < 1.29 is 14.4 Å². The van der Waals surface area contributed by atoms with Gasteiger partial charge in [-0.3, -0.25) is 10.1 Å². The number of benzene rings is 2. The molecule has 0 saturated heterocycles. The summed E-state index contributed by atoms with van der Waals surface area (Å²) in [7, 11) is 1.48. The van der Waals surface area contributed by atoms with E-state index in [0.29, 0.717) is 18.0 Å². The first-order valence-electron chi connectivity index (χ1n) is 7.16. The van der Waals surface area contributed by atoms with E-state index in [4.69, 9.17) is 21.7 Å². The van der Waals surface area contributed by atoms with E-state index in [2.05, 4.69) is 10.6 Å². The maximum Gasteiger partial charge on any atom is 0.271 e. The third-order valence-electron chi connectivity index (χ3n) is 3.07. The number of non-ortho nitro benzene ring substituents is 1. The molecule has 2 N–H and O–H groups in total. The Hall–Kier alpha value is -2.87. The van der Waals surface area contributed by atoms with Crippen LogP contribution >= 0.6 is 12.2 Å². The predicted octanol–water partition coefficient (Wildman–Crippen LogP) is 3.81. The molecule has 126 valence electrons. The third kappa shape index (κ3) is 4.56. The Bertz CT molecular complexity index is 735. The van der Waals surface area contributed by atoms with Gasteiger partial charge < -0.3 is 20.1 Å². The van der Waals surface area contributed by atoms with Crippen molar-refractivity contribution in [3.05, 3.63) is 52.6 Å². The zero-order valence-electron chi connectivity index (χ0n) is 13.2. The van der Waals surface area contributed by atoms with Gasteiger partial charge in [0.1, 0.15) is 11.5 Å². The molecule has 0 aliphatic rings. The van der Waals surface area contributed by atoms with Crippen LogP contribution in [-0.4, -0.2) is 23.8 Å². The number of anilines is 2. The molecule has 2 aromatic carbocycles. The Morgan fingerprint density at radius 2 is 1.92 bits per heavy atom. The van der Waals surface area contributed by atoms with E-state index in [1.807, 2.05) is 31.2 Å². The summed E-state index contributed by atoms with van der Waals surface area (Å²) in [5, 5.41) is 17.1. The van der Waals surface area contributed by atoms with Gasteiger partial charge in [-0.1, -0.05) is 0 Å². The highest BCUT2D eigenvalue weighted by molar-refractivity contribution is 7.80. The molecule has 0 radical (unpaired) electrons. The quantitative estimate of drug-likeness (QED) is 0.467. The fourth-order valence-electron chi connectivity index (χ4n) is 1.99. The normalized spacial score (nSPS) is 9.92. The van der Waals surface area contributed by atoms with Crippen LogP contribution in [0.15, 0.2) is 42.5 Å². The molecule has 0 aliphatic heterocycles. The Morgan fingerprint density at radius 3 is 2.50 bits per heavy atom. The van der Waals surface area contributed by atoms with E-state index in [1.165, 1.54) is 25.3 Å². The van der Waals surface area contributed by atoms with Gasteiger partial charge in [-0.05, 0) is 49.5 Å². The highest BCUT2D eigenvalue weighted by atomic mass is 32.1. The number of ether oxygens (including phenoxy) is 2. The average molecular weight is 347 g/mol. The second-order valence-electron chi connectivity index (χ2n) is 4.68. The zero-order chi connectivity index (χ0) is 17.5. The van der Waals surface area contributed by atoms with Crippen molar-refractivity contribution in [2.24, 2.45) is 0 Å². The van der Waals surface area contributed by atoms with Gasteiger partial charge in [0.2, 0.25) is 0 Å². The summed E-state index contributed by atoms with van der Waals surface area (Å²) < 4.78 is 10.6. The Labute approximate surface area is 144 Å². The lowest BCUT2D eigenvalue weighted by Crippen LogP contribution is -2.19. The van der Waals surface area contributed by atoms with Crippen LogP contribution in [-0.2, 0) is 0 Å². The van der Waals surface area contributed by atoms with E-state index < -0.39 is 4.92 Å². The van der Waals surface area contributed by atoms with Crippen LogP contribution in [0.3, 0.4) is 0 Å². The minimum absolute atomic E-state index is 0.0535. The monoisotopic (exact) mass is 347 g/mol. The summed E-state index contributed by atoms with van der Waals surface area (Å²) >= 11 is 5.24. The number of hydrogen-bond acceptors (Lipinski definition) is 5. The average Bonchev–Trinajstić information content (AvgIpc) is 2.56. The zero-order valence-corrected chi connectivity index (χ0v) is 14.1. The molecule has 0 bridgehead atoms. The maximum absolute atomic E-state index is 10.9. The molecule has 0 aliphatic carbocycles. The van der Waals surface area contributed by atoms with Gasteiger partial charge in [0.05, 0.1) is 24.3 Å². The molecule has 0 fully saturated rings. The Kier molecular flexibility index (Phi) is 5.91. The first-order chi connectivity index (χ1) is 11.5. The number of nitrogens with one attached hydrogen (secondary N) is 2. The van der Waals surface area contributed by atoms with Crippen LogP contribution in [0.4, 0.5) is 17.1 Å². The van der Waals surface area contributed by atoms with E-state index in [1.54, 1.807) is 0 Å². The van der Waals surface area contributed by atoms with Gasteiger partial charge in [0.25, 0.3) is 5.69 Å². The van der Waals surface area contributed by atoms with Gasteiger partial charge in [-0.15, -0.1) is 0 Å². The number of nitro benzene ring substituents is 1. The Morgan fingerprint density at radius 1 is 1.21 bits per heavy atom. The highest BCUT2D eigenvalue weighted by Gasteiger charge is 2.12. The van der Waals surface area contributed by atoms with Crippen molar-refractivity contribution in [2.45, 2.75) is 6.92 Å². The lowest BCUT2D eigenvalue weighted by molar-refractivity contribution is -0.384. The minimum atomic E-state index is -0.479. The molecule has 2 rings (SSSR count). The minimum Gasteiger partial charge on any atom is -0.495 e. The largest absolute Gasteiger partial charge is 0.495 e. The SMILES string of the molecule is CCOc1ccc(NC(=S)Nc2cc([N+](=O)[O-])ccc2OC)cc1. The van der Waals surface area contributed by atoms with Gasteiger partial charge in [-0.2, -0.15) is 0 Å². The first kappa shape index (κ1) is 17.5. The number of hydrogen-bond donors (Lipinski definition) is 2. The predicted molar refractivity (Wildman–Crippen MR) is 97.1 cm³/mol. The summed E-state index contributed by atoms with van der Waals surface area (Å²) in [4.78, 5) is 10.4. The number of methoxy groups -OCH3 is 1. The molecular weight excluding hydrogens is 330 g/mol. The van der Waals surface area contributed by atoms with Crippen LogP contribution in [0.2, 0.25) is 0 Å². The third-order valence-corrected chi connectivity index (χ3v) is 3.27. The van der Waals surface area contributed by atoms with Crippen LogP contribution < -0.4 is 20.1 Å². The number of rotatable bonds is 6. The second kappa shape index (κ2) is 8.11. The van der Waals surface area contributed by atoms with Crippen molar-refractivity contribution >= 4 is 34.4 Å². The van der Waals surface area contributed by atoms with Crippen molar-refractivity contribution in [3.63, 3.8) is 0 Å². The van der Waals surface area contributed by atoms with E-state index in [-0.39, 0.29) is 10.8 Å². The summed E-state index contributed by atoms with van der Waals surface area (Å²) in [6.45, 7) is 2.51. The smallest absolute Gasteiger partial charge is 0.271 e. The molecule has 0 saturated carbocycles. The first-order valence-corrected chi connectivity index (χ1v) is 7.57. The van der Waals surface area contributed by atoms with E-state index in [0.717, 1.165) is 11.4 Å². The topological polar surface area (TPSA) is 85.7 Å². The summed E-state index contributed by atoms with van der Waals surface area (Å²) in [5.41, 5.74) is 1.12. The van der Waals surface area contributed by atoms with Crippen LogP contribution in [0.5, 0.6) is 11.5 Å². The molecule has 2 aromatic rings. The molecule has 8 heteroatoms. The summed E-state index contributed by atoms with van der Waals surface area (Å²) in [6, 6.07) is 11.5. The molecule has 0 unspecified atom stereocenters. The van der Waals surface area contributed by atoms with Gasteiger partial charge >= 0.3 is 0 Å². The lowest BCUT2D eigenvalue weighted by Gasteiger charge is -2.13. The fourth-order valence-corrected chi connectivity index (χ4v) is 2.22. The fraction of sp³-hybridized carbons (Fsp3) is 0.188. The van der Waals surface area contributed by atoms with Gasteiger partial charge in [-0.25, -0.2) is 0 Å². The van der Waals surface area contributed by atoms with Crippen LogP contribution in [0.1, 0.15) is 6.92 Å². The van der Waals surface area contributed by atoms with Crippen molar-refractivity contribution in [2.75, 3.05) is 24.4 Å². The molecule has 0 atom stereocenters. The highest BCUT2D eigenvalue weighted by Crippen LogP contribution is 2.29. The molecule has 0 aromatic heterocycles. The van der Waals surface area contributed by atoms with Crippen LogP contribution in [0, 0.1) is 10.1 Å². The lowest BCUT2D eigenvalue weighted by atomic mass is 10.2. The van der Waals surface area contributed by atoms with Crippen molar-refractivity contribution in [3.8, 4) is 11.5 Å². The second-order valence-corrected chi connectivity index (χ2v) is 5.09. The molecule has 7 nitrogen and oxygen atoms in total. The van der Waals surface area contributed by atoms with Crippen molar-refractivity contribution in [1.29, 1.82) is 0 Å². The molecule has 24 heavy (non-hydrogen) atoms. The molecular formula is C16H17N3O4S. The molecule has 0 spiro atoms. The standard InChI is InChI=1S/C16H17N3O4S/c1-3-23-13-7-4-11(5-8-13)17-16(24)18-14-10-12(19(20)21)6-9-15(14)22-2/h4-10H,3H2,1-2H3,(H2,17,18,24). The number of thiocarbonyl (C=S) groups is 1. The number of nitrogens with zero attached hydrogens (tertiary/aromatic N) is 1. The van der Waals surface area contributed by atoms with E-state index >= 15 is 0 Å². The van der Waals surface area contributed by atoms with Gasteiger partial charge in [0.15, 0.2) is 5.11 Å². The summed E-state index contributed by atoms with van der Waals surface area (Å²) in [6.07, 6.45) is 0. The molecule has 0 heterocycles. The van der Waals surface area contributed by atoms with Gasteiger partial charge in [0, 0.05) is 17.8 Å². The van der Waals surface area contributed by atoms with E-state index in [9.17, 15) is 10.1 Å². The Balaban J connectivity index is 2.08.